The number of esters is 1. The summed E-state index contributed by atoms with van der Waals surface area (Å²) in [6.45, 7) is 1.90. The number of ether oxygens (including phenoxy) is 1. The van der Waals surface area contributed by atoms with E-state index in [1.807, 2.05) is 37.3 Å². The van der Waals surface area contributed by atoms with Gasteiger partial charge in [0, 0.05) is 4.70 Å². The van der Waals surface area contributed by atoms with Crippen LogP contribution >= 0.6 is 11.3 Å². The lowest BCUT2D eigenvalue weighted by atomic mass is 10.1. The number of hydrogen-bond acceptors (Lipinski definition) is 4. The van der Waals surface area contributed by atoms with Crippen LogP contribution in [-0.4, -0.2) is 19.0 Å². The van der Waals surface area contributed by atoms with Crippen molar-refractivity contribution in [3.8, 4) is 0 Å². The number of carbonyl (C=O) groups excluding carboxylic acids is 2. The van der Waals surface area contributed by atoms with E-state index in [0.717, 1.165) is 15.6 Å². The summed E-state index contributed by atoms with van der Waals surface area (Å²) in [7, 11) is 1.32. The first-order valence-corrected chi connectivity index (χ1v) is 7.89. The lowest BCUT2D eigenvalue weighted by Crippen LogP contribution is -2.14. The van der Waals surface area contributed by atoms with Gasteiger partial charge in [0.05, 0.1) is 23.2 Å². The first kappa shape index (κ1) is 15.2. The van der Waals surface area contributed by atoms with Gasteiger partial charge in [-0.05, 0) is 42.1 Å². The predicted octanol–water partition coefficient (Wildman–Crippen LogP) is 4.25. The van der Waals surface area contributed by atoms with Crippen LogP contribution in [0.3, 0.4) is 0 Å². The van der Waals surface area contributed by atoms with Crippen molar-refractivity contribution in [2.24, 2.45) is 0 Å². The maximum atomic E-state index is 12.5. The van der Waals surface area contributed by atoms with Crippen molar-refractivity contribution >= 4 is 39.0 Å². The van der Waals surface area contributed by atoms with Crippen LogP contribution in [0, 0.1) is 6.92 Å². The SMILES string of the molecule is COC(=O)c1ccc(C)cc1NC(=O)c1cc2ccccc2s1. The molecule has 0 saturated heterocycles. The minimum atomic E-state index is -0.475. The summed E-state index contributed by atoms with van der Waals surface area (Å²) in [5, 5.41) is 3.84. The van der Waals surface area contributed by atoms with E-state index in [9.17, 15) is 9.59 Å². The first-order chi connectivity index (χ1) is 11.1. The number of thiophene rings is 1. The van der Waals surface area contributed by atoms with E-state index in [-0.39, 0.29) is 5.91 Å². The third-order valence-electron chi connectivity index (χ3n) is 3.48. The molecule has 0 fully saturated rings. The van der Waals surface area contributed by atoms with Crippen molar-refractivity contribution in [2.45, 2.75) is 6.92 Å². The fourth-order valence-corrected chi connectivity index (χ4v) is 3.29. The van der Waals surface area contributed by atoms with Crippen LogP contribution < -0.4 is 5.32 Å². The van der Waals surface area contributed by atoms with Gasteiger partial charge in [0.25, 0.3) is 5.91 Å². The van der Waals surface area contributed by atoms with Crippen molar-refractivity contribution in [3.63, 3.8) is 0 Å². The molecular weight excluding hydrogens is 310 g/mol. The van der Waals surface area contributed by atoms with Crippen LogP contribution in [0.4, 0.5) is 5.69 Å². The summed E-state index contributed by atoms with van der Waals surface area (Å²) in [5.41, 5.74) is 1.75. The highest BCUT2D eigenvalue weighted by molar-refractivity contribution is 7.20. The van der Waals surface area contributed by atoms with E-state index >= 15 is 0 Å². The van der Waals surface area contributed by atoms with Crippen LogP contribution in [0.15, 0.2) is 48.5 Å². The number of anilines is 1. The predicted molar refractivity (Wildman–Crippen MR) is 92.3 cm³/mol. The lowest BCUT2D eigenvalue weighted by molar-refractivity contribution is 0.0602. The van der Waals surface area contributed by atoms with E-state index in [1.54, 1.807) is 18.2 Å². The number of carbonyl (C=O) groups is 2. The normalized spacial score (nSPS) is 10.5. The molecule has 23 heavy (non-hydrogen) atoms. The molecular formula is C18H15NO3S. The van der Waals surface area contributed by atoms with E-state index < -0.39 is 5.97 Å². The van der Waals surface area contributed by atoms with Gasteiger partial charge in [-0.1, -0.05) is 24.3 Å². The fourth-order valence-electron chi connectivity index (χ4n) is 2.33. The maximum Gasteiger partial charge on any atom is 0.339 e. The van der Waals surface area contributed by atoms with Gasteiger partial charge in [0.15, 0.2) is 0 Å². The number of rotatable bonds is 3. The van der Waals surface area contributed by atoms with Gasteiger partial charge < -0.3 is 10.1 Å². The molecule has 0 spiro atoms. The van der Waals surface area contributed by atoms with Crippen LogP contribution in [0.5, 0.6) is 0 Å². The van der Waals surface area contributed by atoms with E-state index in [1.165, 1.54) is 18.4 Å². The number of nitrogens with one attached hydrogen (secondary N) is 1. The second-order valence-electron chi connectivity index (χ2n) is 5.14. The quantitative estimate of drug-likeness (QED) is 0.733. The van der Waals surface area contributed by atoms with Gasteiger partial charge in [-0.25, -0.2) is 4.79 Å². The highest BCUT2D eigenvalue weighted by Crippen LogP contribution is 2.27. The molecule has 5 heteroatoms. The Kier molecular flexibility index (Phi) is 4.12. The second kappa shape index (κ2) is 6.22. The zero-order chi connectivity index (χ0) is 16.4. The van der Waals surface area contributed by atoms with Gasteiger partial charge in [-0.2, -0.15) is 0 Å². The molecule has 0 bridgehead atoms. The molecule has 3 aromatic rings. The zero-order valence-corrected chi connectivity index (χ0v) is 13.6. The Labute approximate surface area is 137 Å². The van der Waals surface area contributed by atoms with Crippen molar-refractivity contribution in [1.82, 2.24) is 0 Å². The van der Waals surface area contributed by atoms with Gasteiger partial charge in [-0.3, -0.25) is 4.79 Å². The summed E-state index contributed by atoms with van der Waals surface area (Å²) < 4.78 is 5.82. The zero-order valence-electron chi connectivity index (χ0n) is 12.8. The molecule has 1 aromatic heterocycles. The Bertz CT molecular complexity index is 865. The van der Waals surface area contributed by atoms with Crippen molar-refractivity contribution in [2.75, 3.05) is 12.4 Å². The highest BCUT2D eigenvalue weighted by atomic mass is 32.1. The number of amides is 1. The Morgan fingerprint density at radius 2 is 1.87 bits per heavy atom. The molecule has 1 heterocycles. The van der Waals surface area contributed by atoms with Crippen molar-refractivity contribution < 1.29 is 14.3 Å². The smallest absolute Gasteiger partial charge is 0.339 e. The summed E-state index contributed by atoms with van der Waals surface area (Å²) in [5.74, 6) is -0.710. The van der Waals surface area contributed by atoms with Crippen LogP contribution in [0.1, 0.15) is 25.6 Å². The minimum absolute atomic E-state index is 0.234. The Hall–Kier alpha value is -2.66. The standard InChI is InChI=1S/C18H15NO3S/c1-11-7-8-13(18(21)22-2)14(9-11)19-17(20)16-10-12-5-3-4-6-15(12)23-16/h3-10H,1-2H3,(H,19,20). The Morgan fingerprint density at radius 3 is 2.61 bits per heavy atom. The van der Waals surface area contributed by atoms with Gasteiger partial charge in [0.2, 0.25) is 0 Å². The fraction of sp³-hybridized carbons (Fsp3) is 0.111. The third kappa shape index (κ3) is 3.10. The second-order valence-corrected chi connectivity index (χ2v) is 6.23. The first-order valence-electron chi connectivity index (χ1n) is 7.07. The van der Waals surface area contributed by atoms with Gasteiger partial charge in [-0.15, -0.1) is 11.3 Å². The molecule has 0 aliphatic rings. The third-order valence-corrected chi connectivity index (χ3v) is 4.59. The maximum absolute atomic E-state index is 12.5. The lowest BCUT2D eigenvalue weighted by Gasteiger charge is -2.10. The molecule has 0 atom stereocenters. The van der Waals surface area contributed by atoms with Crippen molar-refractivity contribution in [3.05, 3.63) is 64.5 Å². The minimum Gasteiger partial charge on any atom is -0.465 e. The summed E-state index contributed by atoms with van der Waals surface area (Å²) in [4.78, 5) is 24.9. The number of methoxy groups -OCH3 is 1. The average molecular weight is 325 g/mol. The van der Waals surface area contributed by atoms with E-state index in [4.69, 9.17) is 4.74 Å². The molecule has 116 valence electrons. The van der Waals surface area contributed by atoms with Crippen molar-refractivity contribution in [1.29, 1.82) is 0 Å². The molecule has 4 nitrogen and oxygen atoms in total. The summed E-state index contributed by atoms with van der Waals surface area (Å²) in [6.07, 6.45) is 0. The van der Waals surface area contributed by atoms with E-state index in [0.29, 0.717) is 16.1 Å². The average Bonchev–Trinajstić information content (AvgIpc) is 2.98. The largest absolute Gasteiger partial charge is 0.465 e. The molecule has 0 radical (unpaired) electrons. The molecule has 1 amide bonds. The van der Waals surface area contributed by atoms with E-state index in [2.05, 4.69) is 5.32 Å². The monoisotopic (exact) mass is 325 g/mol. The molecule has 0 aliphatic carbocycles. The Balaban J connectivity index is 1.93. The number of fused-ring (bicyclic) bond motifs is 1. The van der Waals surface area contributed by atoms with Crippen LogP contribution in [-0.2, 0) is 4.74 Å². The topological polar surface area (TPSA) is 55.4 Å². The summed E-state index contributed by atoms with van der Waals surface area (Å²) >= 11 is 1.42. The molecule has 0 aliphatic heterocycles. The number of hydrogen-bond donors (Lipinski definition) is 1. The van der Waals surface area contributed by atoms with Crippen LogP contribution in [0.2, 0.25) is 0 Å². The molecule has 3 rings (SSSR count). The van der Waals surface area contributed by atoms with Gasteiger partial charge >= 0.3 is 5.97 Å². The molecule has 1 N–H and O–H groups in total. The molecule has 0 unspecified atom stereocenters. The number of benzene rings is 2. The molecule has 0 saturated carbocycles. The highest BCUT2D eigenvalue weighted by Gasteiger charge is 2.16. The molecule has 2 aromatic carbocycles. The van der Waals surface area contributed by atoms with Crippen LogP contribution in [0.25, 0.3) is 10.1 Å². The van der Waals surface area contributed by atoms with Gasteiger partial charge in [0.1, 0.15) is 0 Å². The Morgan fingerprint density at radius 1 is 1.09 bits per heavy atom. The summed E-state index contributed by atoms with van der Waals surface area (Å²) in [6, 6.07) is 14.9. The number of aryl methyl sites for hydroxylation is 1.